The van der Waals surface area contributed by atoms with Crippen LogP contribution in [0.1, 0.15) is 57.2 Å². The Bertz CT molecular complexity index is 809. The molecule has 0 radical (unpaired) electrons. The van der Waals surface area contributed by atoms with Gasteiger partial charge in [-0.2, -0.15) is 0 Å². The van der Waals surface area contributed by atoms with Crippen LogP contribution < -0.4 is 9.47 Å². The summed E-state index contributed by atoms with van der Waals surface area (Å²) in [5.41, 5.74) is 1.84. The molecule has 2 aliphatic rings. The Labute approximate surface area is 193 Å². The largest absolute Gasteiger partial charge is 0.493 e. The van der Waals surface area contributed by atoms with E-state index in [0.717, 1.165) is 50.4 Å². The van der Waals surface area contributed by atoms with Gasteiger partial charge >= 0.3 is 5.97 Å². The third-order valence-electron chi connectivity index (χ3n) is 7.79. The predicted molar refractivity (Wildman–Crippen MR) is 128 cm³/mol. The highest BCUT2D eigenvalue weighted by Gasteiger charge is 2.50. The van der Waals surface area contributed by atoms with Crippen LogP contribution in [-0.4, -0.2) is 68.8 Å². The van der Waals surface area contributed by atoms with E-state index in [9.17, 15) is 9.90 Å². The molecule has 32 heavy (non-hydrogen) atoms. The molecule has 1 fully saturated rings. The van der Waals surface area contributed by atoms with Gasteiger partial charge in [-0.15, -0.1) is 0 Å². The van der Waals surface area contributed by atoms with E-state index in [1.165, 1.54) is 11.1 Å². The molecule has 0 aliphatic carbocycles. The van der Waals surface area contributed by atoms with Gasteiger partial charge in [-0.1, -0.05) is 13.8 Å². The van der Waals surface area contributed by atoms with Crippen LogP contribution in [0.4, 0.5) is 0 Å². The van der Waals surface area contributed by atoms with E-state index in [-0.39, 0.29) is 12.0 Å². The highest BCUT2D eigenvalue weighted by atomic mass is 16.5. The van der Waals surface area contributed by atoms with E-state index in [1.54, 1.807) is 14.2 Å². The van der Waals surface area contributed by atoms with Crippen LogP contribution in [-0.2, 0) is 11.2 Å². The minimum Gasteiger partial charge on any atom is -0.493 e. The Morgan fingerprint density at radius 3 is 2.47 bits per heavy atom. The average Bonchev–Trinajstić information content (AvgIpc) is 2.75. The first kappa shape index (κ1) is 24.8. The van der Waals surface area contributed by atoms with Gasteiger partial charge in [0.15, 0.2) is 11.5 Å². The number of methoxy groups -OCH3 is 2. The van der Waals surface area contributed by atoms with Crippen molar-refractivity contribution in [2.75, 3.05) is 47.9 Å². The van der Waals surface area contributed by atoms with Crippen LogP contribution in [0.2, 0.25) is 0 Å². The zero-order valence-electron chi connectivity index (χ0n) is 21.0. The third kappa shape index (κ3) is 4.91. The number of rotatable bonds is 9. The lowest BCUT2D eigenvalue weighted by molar-refractivity contribution is -0.157. The molecule has 6 heteroatoms. The van der Waals surface area contributed by atoms with Crippen molar-refractivity contribution >= 4 is 5.97 Å². The number of hydrogen-bond acceptors (Lipinski definition) is 5. The highest BCUT2D eigenvalue weighted by molar-refractivity contribution is 5.74. The summed E-state index contributed by atoms with van der Waals surface area (Å²) in [5.74, 6) is 1.93. The first-order chi connectivity index (χ1) is 15.1. The molecule has 3 rings (SSSR count). The number of aliphatic carboxylic acids is 1. The zero-order valence-corrected chi connectivity index (χ0v) is 21.0. The van der Waals surface area contributed by atoms with Crippen molar-refractivity contribution < 1.29 is 19.4 Å². The van der Waals surface area contributed by atoms with Gasteiger partial charge in [-0.25, -0.2) is 0 Å². The van der Waals surface area contributed by atoms with Crippen LogP contribution >= 0.6 is 0 Å². The van der Waals surface area contributed by atoms with Gasteiger partial charge in [-0.05, 0) is 94.3 Å². The van der Waals surface area contributed by atoms with Crippen molar-refractivity contribution in [3.63, 3.8) is 0 Å². The minimum atomic E-state index is -0.746. The summed E-state index contributed by atoms with van der Waals surface area (Å²) in [4.78, 5) is 17.4. The molecule has 180 valence electrons. The van der Waals surface area contributed by atoms with Gasteiger partial charge in [0.25, 0.3) is 0 Å². The molecule has 0 spiro atoms. The Hall–Kier alpha value is -1.79. The van der Waals surface area contributed by atoms with Crippen molar-refractivity contribution in [3.8, 4) is 11.5 Å². The maximum Gasteiger partial charge on any atom is 0.309 e. The molecular weight excluding hydrogens is 404 g/mol. The normalized spacial score (nSPS) is 25.2. The molecule has 2 heterocycles. The Morgan fingerprint density at radius 2 is 1.91 bits per heavy atom. The molecule has 1 N–H and O–H groups in total. The Kier molecular flexibility index (Phi) is 7.77. The molecule has 6 nitrogen and oxygen atoms in total. The number of carboxylic acids is 1. The maximum absolute atomic E-state index is 12.7. The first-order valence-corrected chi connectivity index (χ1v) is 12.0. The molecule has 0 amide bonds. The lowest BCUT2D eigenvalue weighted by Crippen LogP contribution is -2.52. The molecule has 0 saturated carbocycles. The summed E-state index contributed by atoms with van der Waals surface area (Å²) >= 11 is 0. The fourth-order valence-corrected chi connectivity index (χ4v) is 5.97. The van der Waals surface area contributed by atoms with Crippen molar-refractivity contribution in [2.45, 2.75) is 52.5 Å². The number of ether oxygens (including phenoxy) is 2. The van der Waals surface area contributed by atoms with Gasteiger partial charge in [0.2, 0.25) is 0 Å². The summed E-state index contributed by atoms with van der Waals surface area (Å²) in [6, 6.07) is 4.47. The van der Waals surface area contributed by atoms with E-state index in [4.69, 9.17) is 9.47 Å². The van der Waals surface area contributed by atoms with Crippen LogP contribution in [0.5, 0.6) is 11.5 Å². The molecule has 0 bridgehead atoms. The molecule has 1 aromatic carbocycles. The smallest absolute Gasteiger partial charge is 0.309 e. The highest BCUT2D eigenvalue weighted by Crippen LogP contribution is 2.51. The zero-order chi connectivity index (χ0) is 23.6. The maximum atomic E-state index is 12.7. The van der Waals surface area contributed by atoms with Gasteiger partial charge in [0, 0.05) is 19.1 Å². The predicted octanol–water partition coefficient (Wildman–Crippen LogP) is 4.33. The quantitative estimate of drug-likeness (QED) is 0.609. The topological polar surface area (TPSA) is 62.2 Å². The molecule has 4 atom stereocenters. The molecule has 1 unspecified atom stereocenters. The molecule has 1 aromatic rings. The van der Waals surface area contributed by atoms with Crippen molar-refractivity contribution in [3.05, 3.63) is 23.3 Å². The first-order valence-electron chi connectivity index (χ1n) is 12.0. The number of carboxylic acid groups (broad SMARTS) is 1. The van der Waals surface area contributed by atoms with Crippen molar-refractivity contribution in [2.24, 2.45) is 23.2 Å². The molecule has 0 aromatic heterocycles. The molecule has 2 aliphatic heterocycles. The van der Waals surface area contributed by atoms with Crippen LogP contribution in [0.15, 0.2) is 12.1 Å². The molecular formula is C26H42N2O4. The number of hydrogen-bond donors (Lipinski definition) is 1. The number of carbonyl (C=O) groups is 1. The van der Waals surface area contributed by atoms with Crippen LogP contribution in [0.25, 0.3) is 0 Å². The number of benzene rings is 1. The second kappa shape index (κ2) is 10.0. The summed E-state index contributed by atoms with van der Waals surface area (Å²) < 4.78 is 11.1. The van der Waals surface area contributed by atoms with E-state index in [1.807, 2.05) is 21.0 Å². The second-order valence-corrected chi connectivity index (χ2v) is 10.7. The second-order valence-electron chi connectivity index (χ2n) is 10.7. The Balaban J connectivity index is 2.01. The minimum absolute atomic E-state index is 0.127. The average molecular weight is 447 g/mol. The third-order valence-corrected chi connectivity index (χ3v) is 7.79. The van der Waals surface area contributed by atoms with E-state index in [2.05, 4.69) is 35.8 Å². The summed E-state index contributed by atoms with van der Waals surface area (Å²) in [7, 11) is 7.40. The van der Waals surface area contributed by atoms with Crippen molar-refractivity contribution in [1.82, 2.24) is 9.80 Å². The van der Waals surface area contributed by atoms with E-state index >= 15 is 0 Å². The number of piperidine rings is 1. The summed E-state index contributed by atoms with van der Waals surface area (Å²) in [5, 5.41) is 10.4. The van der Waals surface area contributed by atoms with E-state index < -0.39 is 11.4 Å². The van der Waals surface area contributed by atoms with Crippen LogP contribution in [0.3, 0.4) is 0 Å². The summed E-state index contributed by atoms with van der Waals surface area (Å²) in [6.07, 6.45) is 3.59. The molecule has 1 saturated heterocycles. The van der Waals surface area contributed by atoms with Crippen molar-refractivity contribution in [1.29, 1.82) is 0 Å². The van der Waals surface area contributed by atoms with E-state index in [0.29, 0.717) is 18.3 Å². The Morgan fingerprint density at radius 1 is 1.25 bits per heavy atom. The van der Waals surface area contributed by atoms with Gasteiger partial charge in [0.05, 0.1) is 19.6 Å². The van der Waals surface area contributed by atoms with Crippen LogP contribution in [0, 0.1) is 23.2 Å². The number of fused-ring (bicyclic) bond motifs is 3. The number of nitrogens with zero attached hydrogens (tertiary/aromatic N) is 2. The standard InChI is InChI=1S/C26H42N2O4/c1-17(2)12-19-16-28-10-8-18-13-23(31-6)24(32-7)14-20(18)22(28)15-21(19)26(3,25(29)30)9-11-27(4)5/h13-14,17,19,21-22H,8-12,15-16H2,1-7H3,(H,29,30)/t19-,21-,22-,26?/m1/s1. The van der Waals surface area contributed by atoms with Gasteiger partial charge in [-0.3, -0.25) is 9.69 Å². The monoisotopic (exact) mass is 446 g/mol. The van der Waals surface area contributed by atoms with Gasteiger partial charge < -0.3 is 19.5 Å². The lowest BCUT2D eigenvalue weighted by atomic mass is 9.61. The lowest BCUT2D eigenvalue weighted by Gasteiger charge is -2.52. The summed E-state index contributed by atoms with van der Waals surface area (Å²) in [6.45, 7) is 9.25. The fourth-order valence-electron chi connectivity index (χ4n) is 5.97. The SMILES string of the molecule is COc1cc2c(cc1OC)[C@H]1C[C@@H](C(C)(CCN(C)C)C(=O)O)[C@H](CC(C)C)CN1CC2. The fraction of sp³-hybridized carbons (Fsp3) is 0.731. The van der Waals surface area contributed by atoms with Gasteiger partial charge in [0.1, 0.15) is 0 Å².